The van der Waals surface area contributed by atoms with Crippen molar-refractivity contribution in [1.82, 2.24) is 24.5 Å². The van der Waals surface area contributed by atoms with Crippen LogP contribution in [0.25, 0.3) is 146 Å². The summed E-state index contributed by atoms with van der Waals surface area (Å²) in [5, 5.41) is 9.82. The standard InChI is InChI=1S/C63H37N5S2/c1-3-15-37(16-4-1)49-33-41(34-50(38-17-5-2-6-18-38)60(49)68-52-24-12-8-22-48(52)58-53(68)32-31-47-42-19-7-11-23-51(42)64-59(47)58)63-66-61(39-27-29-45-43-20-9-13-25-54(43)69-56(45)35-39)65-62(67-63)40-28-30-46-44-21-10-14-26-55(44)70-57(46)36-40/h1-36,64H. The maximum Gasteiger partial charge on any atom is 0.164 e. The van der Waals surface area contributed by atoms with Crippen LogP contribution >= 0.6 is 22.7 Å². The van der Waals surface area contributed by atoms with Crippen molar-refractivity contribution in [2.45, 2.75) is 0 Å². The Labute approximate surface area is 409 Å². The first-order valence-electron chi connectivity index (χ1n) is 23.5. The van der Waals surface area contributed by atoms with Crippen LogP contribution < -0.4 is 0 Å². The van der Waals surface area contributed by atoms with Crippen LogP contribution in [-0.4, -0.2) is 24.5 Å². The van der Waals surface area contributed by atoms with E-state index in [0.29, 0.717) is 17.5 Å². The molecule has 0 atom stereocenters. The number of hydrogen-bond acceptors (Lipinski definition) is 5. The fourth-order valence-electron chi connectivity index (χ4n) is 10.8. The summed E-state index contributed by atoms with van der Waals surface area (Å²) in [6.07, 6.45) is 0. The molecule has 0 aliphatic heterocycles. The highest BCUT2D eigenvalue weighted by Gasteiger charge is 2.25. The third kappa shape index (κ3) is 6.05. The molecule has 15 rings (SSSR count). The van der Waals surface area contributed by atoms with E-state index in [0.717, 1.165) is 66.7 Å². The average molecular weight is 928 g/mol. The van der Waals surface area contributed by atoms with Gasteiger partial charge in [-0.05, 0) is 65.7 Å². The first-order chi connectivity index (χ1) is 34.7. The fraction of sp³-hybridized carbons (Fsp3) is 0. The van der Waals surface area contributed by atoms with Crippen molar-refractivity contribution in [2.75, 3.05) is 0 Å². The molecule has 15 aromatic rings. The summed E-state index contributed by atoms with van der Waals surface area (Å²) in [6, 6.07) is 78.7. The molecule has 0 radical (unpaired) electrons. The number of thiophene rings is 2. The Balaban J connectivity index is 1.02. The van der Waals surface area contributed by atoms with E-state index in [2.05, 4.69) is 228 Å². The smallest absolute Gasteiger partial charge is 0.164 e. The SMILES string of the molecule is c1ccc(-c2cc(-c3nc(-c4ccc5c(c4)sc4ccccc45)nc(-c4ccc5c(c4)sc4ccccc45)n3)cc(-c3ccccc3)c2-n2c3ccccc3c3c4[nH]c5ccccc5c4ccc32)cc1. The van der Waals surface area contributed by atoms with Gasteiger partial charge in [0.2, 0.25) is 0 Å². The van der Waals surface area contributed by atoms with Crippen LogP contribution in [0.3, 0.4) is 0 Å². The number of nitrogens with one attached hydrogen (secondary N) is 1. The van der Waals surface area contributed by atoms with Gasteiger partial charge in [0.25, 0.3) is 0 Å². The van der Waals surface area contributed by atoms with E-state index >= 15 is 0 Å². The number of benzene rings is 10. The number of rotatable bonds is 6. The zero-order valence-electron chi connectivity index (χ0n) is 37.4. The van der Waals surface area contributed by atoms with E-state index in [1.54, 1.807) is 22.7 Å². The van der Waals surface area contributed by atoms with Crippen LogP contribution in [0.2, 0.25) is 0 Å². The molecule has 0 fully saturated rings. The molecular formula is C63H37N5S2. The van der Waals surface area contributed by atoms with Crippen LogP contribution in [0.5, 0.6) is 0 Å². The van der Waals surface area contributed by atoms with E-state index in [1.165, 1.54) is 61.9 Å². The summed E-state index contributed by atoms with van der Waals surface area (Å²) >= 11 is 3.61. The second-order valence-corrected chi connectivity index (χ2v) is 20.1. The third-order valence-corrected chi connectivity index (χ3v) is 16.3. The van der Waals surface area contributed by atoms with Crippen molar-refractivity contribution in [1.29, 1.82) is 0 Å². The predicted octanol–water partition coefficient (Wildman–Crippen LogP) is 17.7. The van der Waals surface area contributed by atoms with Gasteiger partial charge in [-0.15, -0.1) is 22.7 Å². The largest absolute Gasteiger partial charge is 0.354 e. The highest BCUT2D eigenvalue weighted by molar-refractivity contribution is 7.26. The monoisotopic (exact) mass is 927 g/mol. The summed E-state index contributed by atoms with van der Waals surface area (Å²) in [6.45, 7) is 0. The topological polar surface area (TPSA) is 59.4 Å². The molecule has 10 aromatic carbocycles. The predicted molar refractivity (Wildman–Crippen MR) is 296 cm³/mol. The van der Waals surface area contributed by atoms with Crippen molar-refractivity contribution in [2.24, 2.45) is 0 Å². The normalized spacial score (nSPS) is 12.0. The number of aromatic nitrogens is 5. The Morgan fingerprint density at radius 2 is 0.800 bits per heavy atom. The molecule has 0 aliphatic rings. The van der Waals surface area contributed by atoms with Crippen LogP contribution in [0, 0.1) is 0 Å². The number of hydrogen-bond donors (Lipinski definition) is 1. The van der Waals surface area contributed by atoms with Crippen molar-refractivity contribution < 1.29 is 0 Å². The first-order valence-corrected chi connectivity index (χ1v) is 25.1. The number of fused-ring (bicyclic) bond motifs is 13. The molecular weight excluding hydrogens is 891 g/mol. The molecule has 326 valence electrons. The molecule has 7 heteroatoms. The summed E-state index contributed by atoms with van der Waals surface area (Å²) in [5.41, 5.74) is 12.7. The van der Waals surface area contributed by atoms with Crippen LogP contribution in [0.1, 0.15) is 0 Å². The molecule has 5 heterocycles. The lowest BCUT2D eigenvalue weighted by Gasteiger charge is -2.21. The van der Waals surface area contributed by atoms with Gasteiger partial charge in [0.05, 0.1) is 22.2 Å². The highest BCUT2D eigenvalue weighted by Crippen LogP contribution is 2.46. The number of aromatic amines is 1. The zero-order valence-corrected chi connectivity index (χ0v) is 39.0. The summed E-state index contributed by atoms with van der Waals surface area (Å²) in [7, 11) is 0. The van der Waals surface area contributed by atoms with Gasteiger partial charge in [0.1, 0.15) is 0 Å². The van der Waals surface area contributed by atoms with E-state index in [4.69, 9.17) is 15.0 Å². The van der Waals surface area contributed by atoms with Gasteiger partial charge in [-0.2, -0.15) is 0 Å². The summed E-state index contributed by atoms with van der Waals surface area (Å²) < 4.78 is 7.41. The van der Waals surface area contributed by atoms with Crippen molar-refractivity contribution in [3.8, 4) is 62.1 Å². The highest BCUT2D eigenvalue weighted by atomic mass is 32.1. The lowest BCUT2D eigenvalue weighted by molar-refractivity contribution is 1.07. The van der Waals surface area contributed by atoms with E-state index < -0.39 is 0 Å². The van der Waals surface area contributed by atoms with Crippen molar-refractivity contribution in [3.05, 3.63) is 218 Å². The van der Waals surface area contributed by atoms with Gasteiger partial charge in [-0.1, -0.05) is 164 Å². The van der Waals surface area contributed by atoms with Gasteiger partial charge in [-0.3, -0.25) is 0 Å². The second kappa shape index (κ2) is 15.4. The fourth-order valence-corrected chi connectivity index (χ4v) is 13.1. The molecule has 0 amide bonds. The molecule has 5 aromatic heterocycles. The van der Waals surface area contributed by atoms with Crippen LogP contribution in [-0.2, 0) is 0 Å². The molecule has 0 aliphatic carbocycles. The van der Waals surface area contributed by atoms with E-state index in [1.807, 2.05) is 0 Å². The Morgan fingerprint density at radius 3 is 1.40 bits per heavy atom. The van der Waals surface area contributed by atoms with Crippen LogP contribution in [0.4, 0.5) is 0 Å². The Kier molecular flexibility index (Phi) is 8.63. The molecule has 5 nitrogen and oxygen atoms in total. The minimum Gasteiger partial charge on any atom is -0.354 e. The molecule has 0 bridgehead atoms. The lowest BCUT2D eigenvalue weighted by Crippen LogP contribution is -2.04. The molecule has 0 spiro atoms. The van der Waals surface area contributed by atoms with Crippen molar-refractivity contribution >= 4 is 107 Å². The van der Waals surface area contributed by atoms with Gasteiger partial charge in [0.15, 0.2) is 17.5 Å². The first kappa shape index (κ1) is 39.3. The van der Waals surface area contributed by atoms with Gasteiger partial charge in [0, 0.05) is 95.2 Å². The molecule has 0 saturated heterocycles. The Bertz CT molecular complexity index is 4410. The van der Waals surface area contributed by atoms with E-state index in [9.17, 15) is 0 Å². The lowest BCUT2D eigenvalue weighted by atomic mass is 9.92. The number of para-hydroxylation sites is 2. The molecule has 0 unspecified atom stereocenters. The Morgan fingerprint density at radius 1 is 0.329 bits per heavy atom. The third-order valence-electron chi connectivity index (χ3n) is 14.0. The quantitative estimate of drug-likeness (QED) is 0.181. The number of H-pyrrole nitrogens is 1. The zero-order chi connectivity index (χ0) is 45.9. The molecule has 1 N–H and O–H groups in total. The van der Waals surface area contributed by atoms with Gasteiger partial charge >= 0.3 is 0 Å². The van der Waals surface area contributed by atoms with Crippen LogP contribution in [0.15, 0.2) is 218 Å². The summed E-state index contributed by atoms with van der Waals surface area (Å²) in [4.78, 5) is 20.1. The molecule has 70 heavy (non-hydrogen) atoms. The maximum absolute atomic E-state index is 5.45. The maximum atomic E-state index is 5.45. The van der Waals surface area contributed by atoms with Gasteiger partial charge < -0.3 is 9.55 Å². The minimum absolute atomic E-state index is 0.607. The van der Waals surface area contributed by atoms with Gasteiger partial charge in [-0.25, -0.2) is 15.0 Å². The summed E-state index contributed by atoms with van der Waals surface area (Å²) in [5.74, 6) is 1.87. The molecule has 0 saturated carbocycles. The average Bonchev–Trinajstić information content (AvgIpc) is 4.19. The van der Waals surface area contributed by atoms with Crippen molar-refractivity contribution in [3.63, 3.8) is 0 Å². The number of nitrogens with zero attached hydrogens (tertiary/aromatic N) is 4. The second-order valence-electron chi connectivity index (χ2n) is 18.0. The Hall–Kier alpha value is -8.75. The minimum atomic E-state index is 0.607. The van der Waals surface area contributed by atoms with E-state index in [-0.39, 0.29) is 0 Å².